The number of fused-ring (bicyclic) bond motifs is 1. The van der Waals surface area contributed by atoms with E-state index in [0.29, 0.717) is 6.54 Å². The number of amides is 1. The Morgan fingerprint density at radius 3 is 2.67 bits per heavy atom. The fourth-order valence-corrected chi connectivity index (χ4v) is 4.96. The monoisotopic (exact) mass is 413 g/mol. The molecule has 2 heterocycles. The predicted octanol–water partition coefficient (Wildman–Crippen LogP) is 3.58. The zero-order valence-corrected chi connectivity index (χ0v) is 18.4. The fraction of sp³-hybridized carbons (Fsp3) is 0.625. The van der Waals surface area contributed by atoms with Gasteiger partial charge >= 0.3 is 0 Å². The average molecular weight is 414 g/mol. The Labute approximate surface area is 179 Å². The van der Waals surface area contributed by atoms with Gasteiger partial charge in [-0.25, -0.2) is 0 Å². The Kier molecular flexibility index (Phi) is 6.76. The molecule has 1 aromatic carbocycles. The Morgan fingerprint density at radius 2 is 1.93 bits per heavy atom. The summed E-state index contributed by atoms with van der Waals surface area (Å²) in [5.74, 6) is 0.974. The maximum absolute atomic E-state index is 12.8. The number of likely N-dealkylation sites (N-methyl/N-ethyl adjacent to an activating group) is 1. The van der Waals surface area contributed by atoms with Crippen molar-refractivity contribution in [2.45, 2.75) is 50.6 Å². The van der Waals surface area contributed by atoms with Crippen molar-refractivity contribution in [1.82, 2.24) is 15.1 Å². The number of carbonyl (C=O) groups excluding carboxylic acids is 1. The third-order valence-corrected chi connectivity index (χ3v) is 6.99. The summed E-state index contributed by atoms with van der Waals surface area (Å²) >= 11 is 0. The number of hydrogen-bond donors (Lipinski definition) is 1. The molecule has 1 amide bonds. The number of carbonyl (C=O) groups is 1. The van der Waals surface area contributed by atoms with E-state index in [0.717, 1.165) is 49.6 Å². The molecular weight excluding hydrogens is 378 g/mol. The van der Waals surface area contributed by atoms with Gasteiger partial charge in [-0.15, -0.1) is 0 Å². The van der Waals surface area contributed by atoms with E-state index < -0.39 is 0 Å². The molecule has 6 nitrogen and oxygen atoms in total. The highest BCUT2D eigenvalue weighted by Gasteiger charge is 2.38. The van der Waals surface area contributed by atoms with E-state index in [2.05, 4.69) is 34.2 Å². The van der Waals surface area contributed by atoms with E-state index in [1.165, 1.54) is 32.1 Å². The number of furan rings is 1. The molecule has 1 unspecified atom stereocenters. The molecule has 1 aliphatic carbocycles. The number of hydrogen-bond acceptors (Lipinski definition) is 5. The SMILES string of the molecule is CC(c1cc2ccccc2o1)N(C)CC(=O)NCC1(N2CCOCC2)CCCCC1. The van der Waals surface area contributed by atoms with Crippen molar-refractivity contribution in [1.29, 1.82) is 0 Å². The molecule has 1 N–H and O–H groups in total. The molecule has 4 rings (SSSR count). The maximum Gasteiger partial charge on any atom is 0.234 e. The predicted molar refractivity (Wildman–Crippen MR) is 118 cm³/mol. The van der Waals surface area contributed by atoms with Crippen molar-refractivity contribution in [3.05, 3.63) is 36.1 Å². The zero-order chi connectivity index (χ0) is 21.0. The van der Waals surface area contributed by atoms with Gasteiger partial charge in [0.25, 0.3) is 0 Å². The summed E-state index contributed by atoms with van der Waals surface area (Å²) in [6.45, 7) is 6.72. The quantitative estimate of drug-likeness (QED) is 0.752. The van der Waals surface area contributed by atoms with Gasteiger partial charge < -0.3 is 14.5 Å². The summed E-state index contributed by atoms with van der Waals surface area (Å²) in [7, 11) is 1.98. The molecule has 1 saturated heterocycles. The number of benzene rings is 1. The summed E-state index contributed by atoms with van der Waals surface area (Å²) in [5, 5.41) is 4.36. The second kappa shape index (κ2) is 9.50. The second-order valence-electron chi connectivity index (χ2n) is 8.94. The fourth-order valence-electron chi connectivity index (χ4n) is 4.96. The summed E-state index contributed by atoms with van der Waals surface area (Å²) < 4.78 is 11.6. The standard InChI is InChI=1S/C24H35N3O3/c1-19(22-16-20-8-4-5-9-21(20)30-22)26(2)17-23(28)25-18-24(10-6-3-7-11-24)27-12-14-29-15-13-27/h4-5,8-9,16,19H,3,6-7,10-15,17-18H2,1-2H3,(H,25,28). The minimum atomic E-state index is 0.0334. The van der Waals surface area contributed by atoms with Crippen molar-refractivity contribution in [2.75, 3.05) is 46.4 Å². The van der Waals surface area contributed by atoms with Gasteiger partial charge in [-0.05, 0) is 38.9 Å². The molecule has 1 atom stereocenters. The maximum atomic E-state index is 12.8. The van der Waals surface area contributed by atoms with Crippen molar-refractivity contribution in [2.24, 2.45) is 0 Å². The highest BCUT2D eigenvalue weighted by Crippen LogP contribution is 2.34. The summed E-state index contributed by atoms with van der Waals surface area (Å²) in [6, 6.07) is 10.1. The molecule has 0 spiro atoms. The van der Waals surface area contributed by atoms with Crippen LogP contribution in [-0.2, 0) is 9.53 Å². The molecule has 164 valence electrons. The van der Waals surface area contributed by atoms with Gasteiger partial charge in [-0.3, -0.25) is 14.6 Å². The summed E-state index contributed by atoms with van der Waals surface area (Å²) in [6.07, 6.45) is 6.13. The van der Waals surface area contributed by atoms with Crippen LogP contribution in [0.25, 0.3) is 11.0 Å². The number of ether oxygens (including phenoxy) is 1. The number of nitrogens with zero attached hydrogens (tertiary/aromatic N) is 2. The normalized spacial score (nSPS) is 21.0. The van der Waals surface area contributed by atoms with Crippen LogP contribution in [-0.4, -0.2) is 67.7 Å². The molecule has 0 bridgehead atoms. The van der Waals surface area contributed by atoms with Gasteiger partial charge in [0.05, 0.1) is 25.8 Å². The van der Waals surface area contributed by atoms with Crippen LogP contribution in [0.1, 0.15) is 50.8 Å². The lowest BCUT2D eigenvalue weighted by molar-refractivity contribution is -0.123. The molecule has 2 aliphatic rings. The van der Waals surface area contributed by atoms with Crippen LogP contribution in [0, 0.1) is 0 Å². The van der Waals surface area contributed by atoms with Crippen molar-refractivity contribution in [3.63, 3.8) is 0 Å². The highest BCUT2D eigenvalue weighted by atomic mass is 16.5. The van der Waals surface area contributed by atoms with Crippen LogP contribution in [0.15, 0.2) is 34.7 Å². The van der Waals surface area contributed by atoms with Crippen LogP contribution in [0.2, 0.25) is 0 Å². The first kappa shape index (κ1) is 21.3. The van der Waals surface area contributed by atoms with E-state index in [9.17, 15) is 4.79 Å². The lowest BCUT2D eigenvalue weighted by Crippen LogP contribution is -2.60. The second-order valence-corrected chi connectivity index (χ2v) is 8.94. The lowest BCUT2D eigenvalue weighted by atomic mass is 9.79. The Hall–Kier alpha value is -1.89. The highest BCUT2D eigenvalue weighted by molar-refractivity contribution is 5.79. The number of rotatable bonds is 7. The van der Waals surface area contributed by atoms with Gasteiger partial charge in [0.2, 0.25) is 5.91 Å². The first-order chi connectivity index (χ1) is 14.6. The molecular formula is C24H35N3O3. The molecule has 2 aromatic rings. The van der Waals surface area contributed by atoms with Gasteiger partial charge in [0.1, 0.15) is 11.3 Å². The third kappa shape index (κ3) is 4.71. The van der Waals surface area contributed by atoms with Crippen LogP contribution in [0.4, 0.5) is 0 Å². The Morgan fingerprint density at radius 1 is 1.20 bits per heavy atom. The smallest absolute Gasteiger partial charge is 0.234 e. The van der Waals surface area contributed by atoms with E-state index in [1.807, 2.05) is 25.2 Å². The van der Waals surface area contributed by atoms with Crippen LogP contribution in [0.3, 0.4) is 0 Å². The van der Waals surface area contributed by atoms with E-state index in [1.54, 1.807) is 0 Å². The number of morpholine rings is 1. The van der Waals surface area contributed by atoms with Crippen LogP contribution < -0.4 is 5.32 Å². The van der Waals surface area contributed by atoms with E-state index >= 15 is 0 Å². The largest absolute Gasteiger partial charge is 0.459 e. The van der Waals surface area contributed by atoms with Gasteiger partial charge in [0, 0.05) is 30.6 Å². The number of para-hydroxylation sites is 1. The zero-order valence-electron chi connectivity index (χ0n) is 18.4. The molecule has 6 heteroatoms. The average Bonchev–Trinajstić information content (AvgIpc) is 3.23. The summed E-state index contributed by atoms with van der Waals surface area (Å²) in [4.78, 5) is 17.4. The molecule has 1 aromatic heterocycles. The minimum absolute atomic E-state index is 0.0334. The minimum Gasteiger partial charge on any atom is -0.459 e. The van der Waals surface area contributed by atoms with Crippen LogP contribution in [0.5, 0.6) is 0 Å². The Balaban J connectivity index is 1.34. The van der Waals surface area contributed by atoms with E-state index in [-0.39, 0.29) is 17.5 Å². The van der Waals surface area contributed by atoms with Crippen molar-refractivity contribution in [3.8, 4) is 0 Å². The first-order valence-electron chi connectivity index (χ1n) is 11.4. The molecule has 1 saturated carbocycles. The van der Waals surface area contributed by atoms with Gasteiger partial charge in [0.15, 0.2) is 0 Å². The van der Waals surface area contributed by atoms with Crippen LogP contribution >= 0.6 is 0 Å². The molecule has 30 heavy (non-hydrogen) atoms. The van der Waals surface area contributed by atoms with Gasteiger partial charge in [-0.2, -0.15) is 0 Å². The first-order valence-corrected chi connectivity index (χ1v) is 11.4. The number of nitrogens with one attached hydrogen (secondary N) is 1. The van der Waals surface area contributed by atoms with Gasteiger partial charge in [-0.1, -0.05) is 37.5 Å². The Bertz CT molecular complexity index is 804. The third-order valence-electron chi connectivity index (χ3n) is 6.99. The topological polar surface area (TPSA) is 58.0 Å². The van der Waals surface area contributed by atoms with Crippen molar-refractivity contribution >= 4 is 16.9 Å². The molecule has 1 aliphatic heterocycles. The summed E-state index contributed by atoms with van der Waals surface area (Å²) in [5.41, 5.74) is 0.989. The lowest BCUT2D eigenvalue weighted by Gasteiger charge is -2.48. The molecule has 0 radical (unpaired) electrons. The van der Waals surface area contributed by atoms with E-state index in [4.69, 9.17) is 9.15 Å². The van der Waals surface area contributed by atoms with Crippen molar-refractivity contribution < 1.29 is 13.9 Å². The molecule has 2 fully saturated rings.